The molecule has 2 aliphatic rings. The number of aromatic amines is 1. The number of nitrogens with one attached hydrogen (secondary N) is 1. The van der Waals surface area contributed by atoms with E-state index in [0.717, 1.165) is 6.54 Å². The lowest BCUT2D eigenvalue weighted by atomic mass is 9.69. The Morgan fingerprint density at radius 2 is 2.06 bits per heavy atom. The van der Waals surface area contributed by atoms with Gasteiger partial charge in [0.25, 0.3) is 0 Å². The molecule has 0 unspecified atom stereocenters. The third kappa shape index (κ3) is 1.19. The molecule has 1 aliphatic heterocycles. The highest BCUT2D eigenvalue weighted by Crippen LogP contribution is 2.45. The van der Waals surface area contributed by atoms with Crippen molar-refractivity contribution >= 4 is 10.9 Å². The van der Waals surface area contributed by atoms with E-state index in [-0.39, 0.29) is 0 Å². The fourth-order valence-corrected chi connectivity index (χ4v) is 3.60. The molecule has 4 rings (SSSR count). The molecular formula is C15H18N2. The van der Waals surface area contributed by atoms with Crippen molar-refractivity contribution in [2.45, 2.75) is 37.8 Å². The largest absolute Gasteiger partial charge is 0.357 e. The summed E-state index contributed by atoms with van der Waals surface area (Å²) in [6, 6.07) is 8.73. The zero-order valence-corrected chi connectivity index (χ0v) is 10.3. The summed E-state index contributed by atoms with van der Waals surface area (Å²) in [6.07, 6.45) is 5.40. The number of para-hydroxylation sites is 1. The summed E-state index contributed by atoms with van der Waals surface area (Å²) in [5.74, 6) is 0. The summed E-state index contributed by atoms with van der Waals surface area (Å²) in [7, 11) is 2.29. The minimum absolute atomic E-state index is 0.484. The first kappa shape index (κ1) is 9.72. The first-order valence-corrected chi connectivity index (χ1v) is 6.58. The summed E-state index contributed by atoms with van der Waals surface area (Å²) in [5.41, 5.74) is 4.81. The fraction of sp³-hybridized carbons (Fsp3) is 0.467. The minimum atomic E-state index is 0.484. The van der Waals surface area contributed by atoms with Gasteiger partial charge in [-0.05, 0) is 44.4 Å². The van der Waals surface area contributed by atoms with Gasteiger partial charge in [-0.15, -0.1) is 0 Å². The summed E-state index contributed by atoms with van der Waals surface area (Å²) in [5, 5.41) is 1.45. The van der Waals surface area contributed by atoms with Gasteiger partial charge in [0.1, 0.15) is 0 Å². The number of benzene rings is 1. The van der Waals surface area contributed by atoms with Crippen molar-refractivity contribution in [3.8, 4) is 0 Å². The smallest absolute Gasteiger partial charge is 0.0459 e. The molecule has 0 atom stereocenters. The Hall–Kier alpha value is -1.28. The van der Waals surface area contributed by atoms with E-state index < -0.39 is 0 Å². The number of hydrogen-bond acceptors (Lipinski definition) is 1. The van der Waals surface area contributed by atoms with Crippen LogP contribution in [0.5, 0.6) is 0 Å². The maximum atomic E-state index is 3.59. The number of rotatable bonds is 0. The van der Waals surface area contributed by atoms with Gasteiger partial charge < -0.3 is 4.98 Å². The highest BCUT2D eigenvalue weighted by atomic mass is 15.2. The predicted molar refractivity (Wildman–Crippen MR) is 70.1 cm³/mol. The number of fused-ring (bicyclic) bond motifs is 3. The maximum Gasteiger partial charge on any atom is 0.0459 e. The SMILES string of the molecule is CN1Cc2[nH]c3ccccc3c2CC12CCC2. The molecule has 1 spiro atoms. The molecule has 1 aliphatic carbocycles. The Bertz CT molecular complexity index is 578. The molecule has 1 saturated carbocycles. The second-order valence-corrected chi connectivity index (χ2v) is 5.74. The van der Waals surface area contributed by atoms with E-state index in [9.17, 15) is 0 Å². The number of nitrogens with zero attached hydrogens (tertiary/aromatic N) is 1. The maximum absolute atomic E-state index is 3.59. The van der Waals surface area contributed by atoms with E-state index in [2.05, 4.69) is 41.2 Å². The normalized spacial score (nSPS) is 22.6. The minimum Gasteiger partial charge on any atom is -0.357 e. The van der Waals surface area contributed by atoms with Gasteiger partial charge in [-0.25, -0.2) is 0 Å². The molecule has 0 bridgehead atoms. The zero-order valence-electron chi connectivity index (χ0n) is 10.3. The molecule has 0 amide bonds. The first-order chi connectivity index (χ1) is 8.28. The van der Waals surface area contributed by atoms with Crippen LogP contribution in [0.4, 0.5) is 0 Å². The van der Waals surface area contributed by atoms with Crippen molar-refractivity contribution in [1.29, 1.82) is 0 Å². The lowest BCUT2D eigenvalue weighted by Crippen LogP contribution is -2.55. The third-order valence-corrected chi connectivity index (χ3v) is 4.90. The molecule has 1 fully saturated rings. The summed E-state index contributed by atoms with van der Waals surface area (Å²) < 4.78 is 0. The van der Waals surface area contributed by atoms with Gasteiger partial charge in [-0.3, -0.25) is 4.90 Å². The third-order valence-electron chi connectivity index (χ3n) is 4.90. The lowest BCUT2D eigenvalue weighted by molar-refractivity contribution is 0.0210. The highest BCUT2D eigenvalue weighted by Gasteiger charge is 2.44. The molecule has 1 aromatic carbocycles. The van der Waals surface area contributed by atoms with Gasteiger partial charge in [0.2, 0.25) is 0 Å². The molecule has 0 radical (unpaired) electrons. The van der Waals surface area contributed by atoms with Crippen molar-refractivity contribution in [3.05, 3.63) is 35.5 Å². The Kier molecular flexibility index (Phi) is 1.79. The summed E-state index contributed by atoms with van der Waals surface area (Å²) in [4.78, 5) is 6.15. The molecular weight excluding hydrogens is 208 g/mol. The van der Waals surface area contributed by atoms with Gasteiger partial charge in [-0.2, -0.15) is 0 Å². The fourth-order valence-electron chi connectivity index (χ4n) is 3.60. The number of hydrogen-bond donors (Lipinski definition) is 1. The molecule has 88 valence electrons. The van der Waals surface area contributed by atoms with E-state index in [1.54, 1.807) is 5.56 Å². The second kappa shape index (κ2) is 3.14. The van der Waals surface area contributed by atoms with Crippen LogP contribution in [0.15, 0.2) is 24.3 Å². The Balaban J connectivity index is 1.89. The van der Waals surface area contributed by atoms with Crippen LogP contribution in [-0.2, 0) is 13.0 Å². The monoisotopic (exact) mass is 226 g/mol. The zero-order chi connectivity index (χ0) is 11.5. The van der Waals surface area contributed by atoms with Gasteiger partial charge in [0.15, 0.2) is 0 Å². The molecule has 17 heavy (non-hydrogen) atoms. The topological polar surface area (TPSA) is 19.0 Å². The van der Waals surface area contributed by atoms with Gasteiger partial charge >= 0.3 is 0 Å². The van der Waals surface area contributed by atoms with E-state index in [1.165, 1.54) is 42.3 Å². The van der Waals surface area contributed by atoms with Gasteiger partial charge in [0, 0.05) is 28.7 Å². The van der Waals surface area contributed by atoms with Crippen molar-refractivity contribution in [2.75, 3.05) is 7.05 Å². The Morgan fingerprint density at radius 3 is 2.82 bits per heavy atom. The van der Waals surface area contributed by atoms with Crippen LogP contribution in [0, 0.1) is 0 Å². The standard InChI is InChI=1S/C15H18N2/c1-17-10-14-12(9-15(17)7-4-8-15)11-5-2-3-6-13(11)16-14/h2-3,5-6,16H,4,7-10H2,1H3. The predicted octanol–water partition coefficient (Wildman–Crippen LogP) is 3.08. The second-order valence-electron chi connectivity index (χ2n) is 5.74. The number of H-pyrrole nitrogens is 1. The highest BCUT2D eigenvalue weighted by molar-refractivity contribution is 5.85. The van der Waals surface area contributed by atoms with Crippen LogP contribution in [0.3, 0.4) is 0 Å². The molecule has 2 nitrogen and oxygen atoms in total. The van der Waals surface area contributed by atoms with Crippen molar-refractivity contribution in [2.24, 2.45) is 0 Å². The molecule has 2 heteroatoms. The number of likely N-dealkylation sites (N-methyl/N-ethyl adjacent to an activating group) is 1. The van der Waals surface area contributed by atoms with Crippen LogP contribution >= 0.6 is 0 Å². The van der Waals surface area contributed by atoms with E-state index in [0.29, 0.717) is 5.54 Å². The van der Waals surface area contributed by atoms with Crippen LogP contribution < -0.4 is 0 Å². The van der Waals surface area contributed by atoms with Crippen LogP contribution in [0.2, 0.25) is 0 Å². The van der Waals surface area contributed by atoms with Crippen molar-refractivity contribution in [1.82, 2.24) is 9.88 Å². The molecule has 2 aromatic rings. The Morgan fingerprint density at radius 1 is 1.24 bits per heavy atom. The molecule has 1 aromatic heterocycles. The molecule has 2 heterocycles. The molecule has 0 saturated heterocycles. The number of aromatic nitrogens is 1. The summed E-state index contributed by atoms with van der Waals surface area (Å²) >= 11 is 0. The molecule has 1 N–H and O–H groups in total. The van der Waals surface area contributed by atoms with E-state index >= 15 is 0 Å². The average Bonchev–Trinajstić information content (AvgIpc) is 2.62. The Labute approximate surface area is 102 Å². The van der Waals surface area contributed by atoms with Crippen LogP contribution in [0.1, 0.15) is 30.5 Å². The van der Waals surface area contributed by atoms with Crippen LogP contribution in [0.25, 0.3) is 10.9 Å². The average molecular weight is 226 g/mol. The quantitative estimate of drug-likeness (QED) is 0.731. The summed E-state index contributed by atoms with van der Waals surface area (Å²) in [6.45, 7) is 1.09. The van der Waals surface area contributed by atoms with Crippen molar-refractivity contribution < 1.29 is 0 Å². The van der Waals surface area contributed by atoms with Crippen molar-refractivity contribution in [3.63, 3.8) is 0 Å². The van der Waals surface area contributed by atoms with E-state index in [4.69, 9.17) is 0 Å². The van der Waals surface area contributed by atoms with E-state index in [1.807, 2.05) is 0 Å². The van der Waals surface area contributed by atoms with Crippen LogP contribution in [-0.4, -0.2) is 22.5 Å². The lowest BCUT2D eigenvalue weighted by Gasteiger charge is -2.51. The van der Waals surface area contributed by atoms with Gasteiger partial charge in [-0.1, -0.05) is 18.2 Å². The first-order valence-electron chi connectivity index (χ1n) is 6.58. The van der Waals surface area contributed by atoms with Gasteiger partial charge in [0.05, 0.1) is 0 Å².